The third kappa shape index (κ3) is 7.78. The maximum absolute atomic E-state index is 13.6. The van der Waals surface area contributed by atoms with Crippen LogP contribution in [0.1, 0.15) is 57.7 Å². The Labute approximate surface area is 384 Å². The van der Waals surface area contributed by atoms with Crippen LogP contribution in [0.2, 0.25) is 0 Å². The van der Waals surface area contributed by atoms with E-state index in [1.54, 1.807) is 18.3 Å². The lowest BCUT2D eigenvalue weighted by molar-refractivity contribution is -0.136. The van der Waals surface area contributed by atoms with Crippen LogP contribution in [-0.4, -0.2) is 160 Å². The fourth-order valence-corrected chi connectivity index (χ4v) is 10.6. The first-order chi connectivity index (χ1) is 32.6. The van der Waals surface area contributed by atoms with E-state index < -0.39 is 41.5 Å². The maximum atomic E-state index is 13.6. The first kappa shape index (κ1) is 42.3. The summed E-state index contributed by atoms with van der Waals surface area (Å²) in [5, 5.41) is 6.24. The molecule has 0 radical (unpaired) electrons. The highest BCUT2D eigenvalue weighted by atomic mass is 16.2. The summed E-state index contributed by atoms with van der Waals surface area (Å²) in [6.45, 7) is 8.40. The van der Waals surface area contributed by atoms with Crippen molar-refractivity contribution in [1.29, 1.82) is 0 Å². The van der Waals surface area contributed by atoms with Crippen molar-refractivity contribution < 1.29 is 33.6 Å². The molecule has 342 valence electrons. The van der Waals surface area contributed by atoms with Crippen LogP contribution in [0.25, 0.3) is 33.0 Å². The fourth-order valence-electron chi connectivity index (χ4n) is 10.6. The molecule has 0 bridgehead atoms. The molecule has 4 saturated heterocycles. The Morgan fingerprint density at radius 1 is 0.642 bits per heavy atom. The van der Waals surface area contributed by atoms with Gasteiger partial charge in [0, 0.05) is 99.1 Å². The van der Waals surface area contributed by atoms with E-state index in [0.717, 1.165) is 80.1 Å². The SMILES string of the molecule is O=C1CCC(N2C(=O)c3ccc(N4CCN(CC5CCN(CC(=O)N6CCN(c7nc(C8=C(c9c[nH]c%10ccccc9%10)C(=O)NC8=O)c8ccccc8n7)CC6)CC5)CC4)cc3C2=O)C(=O)N1. The first-order valence-electron chi connectivity index (χ1n) is 23.1. The molecule has 5 aromatic rings. The number of piperidine rings is 2. The molecule has 18 nitrogen and oxygen atoms in total. The van der Waals surface area contributed by atoms with Crippen LogP contribution in [0.5, 0.6) is 0 Å². The zero-order valence-electron chi connectivity index (χ0n) is 36.8. The van der Waals surface area contributed by atoms with E-state index in [1.807, 2.05) is 64.4 Å². The number of aromatic nitrogens is 3. The molecule has 8 heterocycles. The van der Waals surface area contributed by atoms with E-state index >= 15 is 0 Å². The number of nitrogens with zero attached hydrogens (tertiary/aromatic N) is 8. The quantitative estimate of drug-likeness (QED) is 0.182. The number of carbonyl (C=O) groups is 7. The minimum Gasteiger partial charge on any atom is -0.369 e. The number of anilines is 2. The summed E-state index contributed by atoms with van der Waals surface area (Å²) in [5.74, 6) is -1.93. The number of benzene rings is 3. The molecule has 0 saturated carbocycles. The number of hydrogen-bond donors (Lipinski definition) is 3. The van der Waals surface area contributed by atoms with E-state index in [9.17, 15) is 33.6 Å². The predicted octanol–water partition coefficient (Wildman–Crippen LogP) is 2.26. The monoisotopic (exact) mass is 903 g/mol. The van der Waals surface area contributed by atoms with Gasteiger partial charge in [-0.15, -0.1) is 0 Å². The van der Waals surface area contributed by atoms with Gasteiger partial charge in [-0.25, -0.2) is 9.97 Å². The molecule has 0 spiro atoms. The molecule has 67 heavy (non-hydrogen) atoms. The van der Waals surface area contributed by atoms with Crippen LogP contribution in [0, 0.1) is 5.92 Å². The lowest BCUT2D eigenvalue weighted by Gasteiger charge is -2.40. The normalized spacial score (nSPS) is 21.3. The Morgan fingerprint density at radius 2 is 1.34 bits per heavy atom. The average molecular weight is 904 g/mol. The molecule has 3 N–H and O–H groups in total. The fraction of sp³-hybridized carbons (Fsp3) is 0.367. The smallest absolute Gasteiger partial charge is 0.262 e. The van der Waals surface area contributed by atoms with Crippen LogP contribution in [0.15, 0.2) is 72.9 Å². The molecular formula is C49H49N11O7. The van der Waals surface area contributed by atoms with Crippen molar-refractivity contribution in [2.75, 3.05) is 88.3 Å². The molecule has 1 unspecified atom stereocenters. The van der Waals surface area contributed by atoms with E-state index in [-0.39, 0.29) is 35.5 Å². The highest BCUT2D eigenvalue weighted by molar-refractivity contribution is 6.50. The van der Waals surface area contributed by atoms with Crippen molar-refractivity contribution in [2.24, 2.45) is 5.92 Å². The largest absolute Gasteiger partial charge is 0.369 e. The summed E-state index contributed by atoms with van der Waals surface area (Å²) in [4.78, 5) is 116. The number of rotatable bonds is 9. The molecule has 4 fully saturated rings. The molecule has 2 aromatic heterocycles. The molecule has 1 atom stereocenters. The number of hydrogen-bond acceptors (Lipinski definition) is 13. The standard InChI is InChI=1S/C49H49N11O7/c61-39-12-11-38(44(63)52-39)60-47(66)32-10-9-30(25-34(32)48(60)67)57-19-17-56(18-20-57)27-29-13-15-55(16-14-29)28-40(62)58-21-23-59(24-22-58)49-51-37-8-4-2-6-33(37)43(53-49)42-41(45(64)54-46(42)65)35-26-50-36-7-3-1-5-31(35)36/h1-10,25-26,29,38,50H,11-24,27-28H2,(H,52,61,63)(H,54,64,65). The second kappa shape index (κ2) is 17.2. The molecule has 6 aliphatic heterocycles. The molecule has 6 aliphatic rings. The number of aromatic amines is 1. The number of nitrogens with one attached hydrogen (secondary N) is 3. The van der Waals surface area contributed by atoms with Gasteiger partial charge in [-0.1, -0.05) is 36.4 Å². The Morgan fingerprint density at radius 3 is 2.12 bits per heavy atom. The zero-order valence-corrected chi connectivity index (χ0v) is 36.8. The number of carbonyl (C=O) groups excluding carboxylic acids is 7. The van der Waals surface area contributed by atoms with Crippen LogP contribution in [0.4, 0.5) is 11.6 Å². The number of likely N-dealkylation sites (tertiary alicyclic amines) is 1. The topological polar surface area (TPSA) is 205 Å². The van der Waals surface area contributed by atoms with Crippen molar-refractivity contribution in [3.8, 4) is 0 Å². The van der Waals surface area contributed by atoms with Gasteiger partial charge >= 0.3 is 0 Å². The second-order valence-electron chi connectivity index (χ2n) is 18.2. The van der Waals surface area contributed by atoms with Gasteiger partial charge in [0.2, 0.25) is 23.7 Å². The van der Waals surface area contributed by atoms with Gasteiger partial charge < -0.3 is 19.7 Å². The summed E-state index contributed by atoms with van der Waals surface area (Å²) in [6.07, 6.45) is 3.98. The number of amides is 7. The summed E-state index contributed by atoms with van der Waals surface area (Å²) >= 11 is 0. The van der Waals surface area contributed by atoms with Gasteiger partial charge in [0.05, 0.1) is 40.0 Å². The summed E-state index contributed by atoms with van der Waals surface area (Å²) in [6, 6.07) is 19.4. The van der Waals surface area contributed by atoms with E-state index in [1.165, 1.54) is 0 Å². The summed E-state index contributed by atoms with van der Waals surface area (Å²) in [5.41, 5.74) is 4.45. The molecule has 3 aromatic carbocycles. The minimum atomic E-state index is -0.989. The average Bonchev–Trinajstić information content (AvgIpc) is 3.98. The number of para-hydroxylation sites is 2. The van der Waals surface area contributed by atoms with Gasteiger partial charge in [-0.2, -0.15) is 0 Å². The Kier molecular flexibility index (Phi) is 10.8. The molecule has 18 heteroatoms. The molecule has 7 amide bonds. The number of H-pyrrole nitrogens is 1. The minimum absolute atomic E-state index is 0.0799. The molecular weight excluding hydrogens is 855 g/mol. The number of piperazine rings is 2. The van der Waals surface area contributed by atoms with E-state index in [2.05, 4.69) is 30.3 Å². The lowest BCUT2D eigenvalue weighted by atomic mass is 9.96. The van der Waals surface area contributed by atoms with Crippen LogP contribution >= 0.6 is 0 Å². The van der Waals surface area contributed by atoms with E-state index in [4.69, 9.17) is 9.97 Å². The first-order valence-corrected chi connectivity index (χ1v) is 23.1. The van der Waals surface area contributed by atoms with Crippen LogP contribution in [0.3, 0.4) is 0 Å². The Balaban J connectivity index is 0.668. The zero-order chi connectivity index (χ0) is 45.9. The van der Waals surface area contributed by atoms with Gasteiger partial charge in [-0.05, 0) is 68.6 Å². The van der Waals surface area contributed by atoms with Crippen molar-refractivity contribution in [3.63, 3.8) is 0 Å². The molecule has 0 aliphatic carbocycles. The van der Waals surface area contributed by atoms with Crippen molar-refractivity contribution in [3.05, 3.63) is 95.3 Å². The Bertz CT molecular complexity index is 2940. The molecule has 11 rings (SSSR count). The van der Waals surface area contributed by atoms with Gasteiger partial charge in [0.25, 0.3) is 23.6 Å². The second-order valence-corrected chi connectivity index (χ2v) is 18.2. The van der Waals surface area contributed by atoms with Crippen LogP contribution in [-0.2, 0) is 24.0 Å². The van der Waals surface area contributed by atoms with Crippen LogP contribution < -0.4 is 20.4 Å². The lowest BCUT2D eigenvalue weighted by Crippen LogP contribution is -2.54. The van der Waals surface area contributed by atoms with E-state index in [0.29, 0.717) is 72.3 Å². The number of fused-ring (bicyclic) bond motifs is 3. The van der Waals surface area contributed by atoms with Gasteiger partial charge in [0.15, 0.2) is 0 Å². The Hall–Kier alpha value is -7.31. The van der Waals surface area contributed by atoms with Crippen molar-refractivity contribution in [2.45, 2.75) is 31.7 Å². The maximum Gasteiger partial charge on any atom is 0.262 e. The highest BCUT2D eigenvalue weighted by Gasteiger charge is 2.45. The van der Waals surface area contributed by atoms with Crippen molar-refractivity contribution in [1.82, 2.24) is 45.2 Å². The third-order valence-electron chi connectivity index (χ3n) is 14.3. The van der Waals surface area contributed by atoms with Crippen molar-refractivity contribution >= 4 is 85.9 Å². The highest BCUT2D eigenvalue weighted by Crippen LogP contribution is 2.38. The van der Waals surface area contributed by atoms with Gasteiger partial charge in [0.1, 0.15) is 6.04 Å². The third-order valence-corrected chi connectivity index (χ3v) is 14.3. The summed E-state index contributed by atoms with van der Waals surface area (Å²) < 4.78 is 0. The van der Waals surface area contributed by atoms with Gasteiger partial charge in [-0.3, -0.25) is 58.9 Å². The number of imide groups is 3. The summed E-state index contributed by atoms with van der Waals surface area (Å²) in [7, 11) is 0. The predicted molar refractivity (Wildman–Crippen MR) is 248 cm³/mol.